The summed E-state index contributed by atoms with van der Waals surface area (Å²) in [5.41, 5.74) is 1.20. The van der Waals surface area contributed by atoms with Crippen LogP contribution in [0.4, 0.5) is 5.82 Å². The van der Waals surface area contributed by atoms with Crippen LogP contribution >= 0.6 is 11.6 Å². The van der Waals surface area contributed by atoms with Gasteiger partial charge in [-0.05, 0) is 40.3 Å². The molecule has 0 amide bonds. The predicted octanol–water partition coefficient (Wildman–Crippen LogP) is 2.33. The van der Waals surface area contributed by atoms with Crippen LogP contribution in [0, 0.1) is 6.92 Å². The minimum atomic E-state index is 0.282. The van der Waals surface area contributed by atoms with Gasteiger partial charge in [-0.25, -0.2) is 9.97 Å². The van der Waals surface area contributed by atoms with Crippen LogP contribution in [0.25, 0.3) is 0 Å². The zero-order valence-corrected chi connectivity index (χ0v) is 11.4. The fraction of sp³-hybridized carbons (Fsp3) is 0.667. The smallest absolute Gasteiger partial charge is 0.137 e. The Balaban J connectivity index is 2.04. The lowest BCUT2D eigenvalue weighted by Crippen LogP contribution is -2.54. The van der Waals surface area contributed by atoms with Gasteiger partial charge < -0.3 is 10.2 Å². The Hall–Kier alpha value is -0.870. The van der Waals surface area contributed by atoms with Gasteiger partial charge >= 0.3 is 0 Å². The molecule has 0 aromatic carbocycles. The summed E-state index contributed by atoms with van der Waals surface area (Å²) < 4.78 is 0. The second-order valence-electron chi connectivity index (χ2n) is 4.96. The van der Waals surface area contributed by atoms with Crippen molar-refractivity contribution in [2.45, 2.75) is 31.7 Å². The van der Waals surface area contributed by atoms with Crippen molar-refractivity contribution in [2.75, 3.05) is 26.0 Å². The summed E-state index contributed by atoms with van der Waals surface area (Å²) in [4.78, 5) is 10.5. The fourth-order valence-corrected chi connectivity index (χ4v) is 2.36. The molecule has 1 aromatic rings. The number of nitrogens with one attached hydrogen (secondary N) is 1. The van der Waals surface area contributed by atoms with Crippen LogP contribution < -0.4 is 5.32 Å². The van der Waals surface area contributed by atoms with E-state index < -0.39 is 0 Å². The van der Waals surface area contributed by atoms with Crippen molar-refractivity contribution in [3.8, 4) is 0 Å². The third-order valence-corrected chi connectivity index (χ3v) is 4.22. The van der Waals surface area contributed by atoms with Gasteiger partial charge in [0.25, 0.3) is 0 Å². The van der Waals surface area contributed by atoms with E-state index in [0.717, 1.165) is 17.9 Å². The molecule has 1 aliphatic carbocycles. The van der Waals surface area contributed by atoms with Gasteiger partial charge in [0, 0.05) is 17.6 Å². The van der Waals surface area contributed by atoms with E-state index in [9.17, 15) is 0 Å². The maximum atomic E-state index is 5.97. The van der Waals surface area contributed by atoms with Gasteiger partial charge in [-0.15, -0.1) is 0 Å². The highest BCUT2D eigenvalue weighted by atomic mass is 35.5. The van der Waals surface area contributed by atoms with Gasteiger partial charge in [0.05, 0.1) is 0 Å². The zero-order valence-electron chi connectivity index (χ0n) is 10.6. The Kier molecular flexibility index (Phi) is 3.54. The summed E-state index contributed by atoms with van der Waals surface area (Å²) in [5.74, 6) is 0.845. The lowest BCUT2D eigenvalue weighted by molar-refractivity contribution is 0.0738. The van der Waals surface area contributed by atoms with E-state index in [4.69, 9.17) is 11.6 Å². The summed E-state index contributed by atoms with van der Waals surface area (Å²) in [6.45, 7) is 2.85. The van der Waals surface area contributed by atoms with Gasteiger partial charge in [0.1, 0.15) is 17.3 Å². The quantitative estimate of drug-likeness (QED) is 0.838. The molecule has 94 valence electrons. The highest BCUT2D eigenvalue weighted by molar-refractivity contribution is 6.30. The van der Waals surface area contributed by atoms with Crippen molar-refractivity contribution in [2.24, 2.45) is 0 Å². The molecular formula is C12H19ClN4. The summed E-state index contributed by atoms with van der Waals surface area (Å²) in [5, 5.41) is 3.92. The predicted molar refractivity (Wildman–Crippen MR) is 70.5 cm³/mol. The molecule has 17 heavy (non-hydrogen) atoms. The van der Waals surface area contributed by atoms with E-state index in [0.29, 0.717) is 5.15 Å². The maximum absolute atomic E-state index is 5.97. The Morgan fingerprint density at radius 2 is 2.12 bits per heavy atom. The van der Waals surface area contributed by atoms with Crippen molar-refractivity contribution in [1.29, 1.82) is 0 Å². The number of nitrogens with zero attached hydrogens (tertiary/aromatic N) is 3. The minimum absolute atomic E-state index is 0.282. The Morgan fingerprint density at radius 1 is 1.41 bits per heavy atom. The lowest BCUT2D eigenvalue weighted by Gasteiger charge is -2.47. The van der Waals surface area contributed by atoms with Crippen molar-refractivity contribution >= 4 is 17.4 Å². The van der Waals surface area contributed by atoms with E-state index in [1.807, 2.05) is 6.92 Å². The summed E-state index contributed by atoms with van der Waals surface area (Å²) in [6.07, 6.45) is 5.29. The Labute approximate surface area is 107 Å². The van der Waals surface area contributed by atoms with Gasteiger partial charge in [-0.2, -0.15) is 0 Å². The van der Waals surface area contributed by atoms with Crippen LogP contribution in [0.15, 0.2) is 6.33 Å². The molecule has 1 aliphatic rings. The number of hydrogen-bond donors (Lipinski definition) is 1. The van der Waals surface area contributed by atoms with Crippen molar-refractivity contribution in [3.63, 3.8) is 0 Å². The van der Waals surface area contributed by atoms with Crippen LogP contribution in [0.3, 0.4) is 0 Å². The average molecular weight is 255 g/mol. The van der Waals surface area contributed by atoms with Gasteiger partial charge in [-0.3, -0.25) is 0 Å². The summed E-state index contributed by atoms with van der Waals surface area (Å²) >= 11 is 5.97. The molecule has 1 aromatic heterocycles. The summed E-state index contributed by atoms with van der Waals surface area (Å²) in [7, 11) is 4.28. The molecule has 0 atom stereocenters. The molecule has 0 saturated heterocycles. The fourth-order valence-electron chi connectivity index (χ4n) is 2.22. The Morgan fingerprint density at radius 3 is 2.65 bits per heavy atom. The van der Waals surface area contributed by atoms with Crippen LogP contribution in [-0.4, -0.2) is 41.0 Å². The van der Waals surface area contributed by atoms with Gasteiger partial charge in [0.2, 0.25) is 0 Å². The molecule has 0 spiro atoms. The molecule has 5 heteroatoms. The van der Waals surface area contributed by atoms with Crippen LogP contribution in [0.5, 0.6) is 0 Å². The first-order valence-corrected chi connectivity index (χ1v) is 6.31. The van der Waals surface area contributed by atoms with Crippen LogP contribution in [-0.2, 0) is 0 Å². The Bertz CT molecular complexity index is 401. The second-order valence-corrected chi connectivity index (χ2v) is 5.32. The average Bonchev–Trinajstić information content (AvgIpc) is 2.22. The van der Waals surface area contributed by atoms with Crippen molar-refractivity contribution < 1.29 is 0 Å². The van der Waals surface area contributed by atoms with Crippen LogP contribution in [0.1, 0.15) is 24.8 Å². The molecule has 2 rings (SSSR count). The van der Waals surface area contributed by atoms with Crippen molar-refractivity contribution in [1.82, 2.24) is 14.9 Å². The maximum Gasteiger partial charge on any atom is 0.137 e. The highest BCUT2D eigenvalue weighted by Crippen LogP contribution is 2.36. The van der Waals surface area contributed by atoms with E-state index in [1.54, 1.807) is 0 Å². The summed E-state index contributed by atoms with van der Waals surface area (Å²) in [6, 6.07) is 0. The minimum Gasteiger partial charge on any atom is -0.368 e. The number of hydrogen-bond acceptors (Lipinski definition) is 4. The van der Waals surface area contributed by atoms with Crippen LogP contribution in [0.2, 0.25) is 5.15 Å². The third kappa shape index (κ3) is 2.38. The molecule has 0 unspecified atom stereocenters. The number of rotatable bonds is 4. The van der Waals surface area contributed by atoms with Gasteiger partial charge in [0.15, 0.2) is 0 Å². The molecule has 0 bridgehead atoms. The first-order valence-electron chi connectivity index (χ1n) is 5.93. The number of aromatic nitrogens is 2. The first-order chi connectivity index (χ1) is 8.05. The monoisotopic (exact) mass is 254 g/mol. The third-order valence-electron chi connectivity index (χ3n) is 3.84. The molecule has 1 heterocycles. The topological polar surface area (TPSA) is 41.1 Å². The lowest BCUT2D eigenvalue weighted by atomic mass is 9.75. The van der Waals surface area contributed by atoms with Gasteiger partial charge in [-0.1, -0.05) is 11.6 Å². The standard InChI is InChI=1S/C12H19ClN4/c1-9-10(13)15-8-16-11(9)14-7-12(17(2)3)5-4-6-12/h8H,4-7H2,1-3H3,(H,14,15,16). The van der Waals surface area contributed by atoms with E-state index in [-0.39, 0.29) is 5.54 Å². The molecule has 0 radical (unpaired) electrons. The normalized spacial score (nSPS) is 17.9. The largest absolute Gasteiger partial charge is 0.368 e. The van der Waals surface area contributed by atoms with Crippen molar-refractivity contribution in [3.05, 3.63) is 17.0 Å². The molecular weight excluding hydrogens is 236 g/mol. The van der Waals surface area contributed by atoms with E-state index in [2.05, 4.69) is 34.3 Å². The number of anilines is 1. The molecule has 1 saturated carbocycles. The SMILES string of the molecule is Cc1c(Cl)ncnc1NCC1(N(C)C)CCC1. The molecule has 0 aliphatic heterocycles. The number of halogens is 1. The number of likely N-dealkylation sites (N-methyl/N-ethyl adjacent to an activating group) is 1. The molecule has 1 N–H and O–H groups in total. The molecule has 4 nitrogen and oxygen atoms in total. The zero-order chi connectivity index (χ0) is 12.5. The first kappa shape index (κ1) is 12.6. The highest BCUT2D eigenvalue weighted by Gasteiger charge is 2.38. The molecule has 1 fully saturated rings. The van der Waals surface area contributed by atoms with E-state index in [1.165, 1.54) is 25.6 Å². The second kappa shape index (κ2) is 4.78. The van der Waals surface area contributed by atoms with E-state index >= 15 is 0 Å².